The molecule has 0 aliphatic rings. The minimum Gasteiger partial charge on any atom is -0.366 e. The third kappa shape index (κ3) is 3.84. The minimum absolute atomic E-state index is 0.0981. The van der Waals surface area contributed by atoms with Crippen LogP contribution < -0.4 is 21.8 Å². The van der Waals surface area contributed by atoms with Crippen LogP contribution in [0.1, 0.15) is 20.7 Å². The Balaban J connectivity index is 1.69. The van der Waals surface area contributed by atoms with E-state index in [2.05, 4.69) is 15.6 Å². The first kappa shape index (κ1) is 17.9. The lowest BCUT2D eigenvalue weighted by molar-refractivity contribution is -0.115. The van der Waals surface area contributed by atoms with Gasteiger partial charge in [-0.3, -0.25) is 19.2 Å². The van der Waals surface area contributed by atoms with E-state index in [0.717, 1.165) is 0 Å². The van der Waals surface area contributed by atoms with Crippen molar-refractivity contribution in [2.24, 2.45) is 5.73 Å². The van der Waals surface area contributed by atoms with Gasteiger partial charge in [-0.05, 0) is 24.3 Å². The Kier molecular flexibility index (Phi) is 4.98. The number of fused-ring (bicyclic) bond motifs is 1. The molecule has 1 heterocycles. The molecule has 27 heavy (non-hydrogen) atoms. The second-order valence-corrected chi connectivity index (χ2v) is 5.72. The summed E-state index contributed by atoms with van der Waals surface area (Å²) in [5, 5.41) is 5.27. The standard InChI is InChI=1S/C19H16N4O4/c20-18(26)12-6-2-4-8-15(12)23-16(24)10-22-19(27)13-9-21-14-7-3-1-5-11(14)17(13)25/h1-9H,10H2,(H2,20,26)(H,21,25)(H,22,27)(H,23,24). The number of amides is 3. The molecule has 5 N–H and O–H groups in total. The predicted molar refractivity (Wildman–Crippen MR) is 100 cm³/mol. The molecule has 0 saturated heterocycles. The molecule has 3 rings (SSSR count). The predicted octanol–water partition coefficient (Wildman–Crippen LogP) is 0.995. The van der Waals surface area contributed by atoms with E-state index in [0.29, 0.717) is 10.9 Å². The van der Waals surface area contributed by atoms with Crippen LogP contribution in [0.15, 0.2) is 59.5 Å². The molecule has 0 fully saturated rings. The number of H-pyrrole nitrogens is 1. The molecule has 1 aromatic heterocycles. The summed E-state index contributed by atoms with van der Waals surface area (Å²) in [6.45, 7) is -0.377. The third-order valence-corrected chi connectivity index (χ3v) is 3.91. The van der Waals surface area contributed by atoms with Crippen molar-refractivity contribution < 1.29 is 14.4 Å². The lowest BCUT2D eigenvalue weighted by Gasteiger charge is -2.09. The lowest BCUT2D eigenvalue weighted by atomic mass is 10.1. The number of aromatic nitrogens is 1. The fourth-order valence-corrected chi connectivity index (χ4v) is 2.59. The van der Waals surface area contributed by atoms with E-state index in [-0.39, 0.29) is 23.4 Å². The summed E-state index contributed by atoms with van der Waals surface area (Å²) in [7, 11) is 0. The molecule has 0 saturated carbocycles. The Morgan fingerprint density at radius 2 is 1.67 bits per heavy atom. The number of pyridine rings is 1. The Hall–Kier alpha value is -3.94. The van der Waals surface area contributed by atoms with Crippen molar-refractivity contribution >= 4 is 34.3 Å². The topological polar surface area (TPSA) is 134 Å². The number of nitrogens with one attached hydrogen (secondary N) is 3. The molecule has 0 radical (unpaired) electrons. The first-order valence-electron chi connectivity index (χ1n) is 8.04. The number of carbonyl (C=O) groups excluding carboxylic acids is 3. The maximum Gasteiger partial charge on any atom is 0.257 e. The Labute approximate surface area is 153 Å². The van der Waals surface area contributed by atoms with Gasteiger partial charge in [-0.1, -0.05) is 24.3 Å². The summed E-state index contributed by atoms with van der Waals surface area (Å²) in [5.41, 5.74) is 5.73. The molecule has 0 aliphatic heterocycles. The van der Waals surface area contributed by atoms with Crippen molar-refractivity contribution in [2.45, 2.75) is 0 Å². The smallest absolute Gasteiger partial charge is 0.257 e. The van der Waals surface area contributed by atoms with Gasteiger partial charge in [0.05, 0.1) is 17.8 Å². The van der Waals surface area contributed by atoms with Crippen LogP contribution in [-0.2, 0) is 4.79 Å². The summed E-state index contributed by atoms with van der Waals surface area (Å²) < 4.78 is 0. The Morgan fingerprint density at radius 3 is 2.44 bits per heavy atom. The maximum atomic E-state index is 12.4. The van der Waals surface area contributed by atoms with Crippen molar-refractivity contribution in [1.29, 1.82) is 0 Å². The number of hydrogen-bond donors (Lipinski definition) is 4. The number of anilines is 1. The number of carbonyl (C=O) groups is 3. The highest BCUT2D eigenvalue weighted by Gasteiger charge is 2.15. The number of hydrogen-bond acceptors (Lipinski definition) is 4. The van der Waals surface area contributed by atoms with Crippen molar-refractivity contribution in [3.05, 3.63) is 76.1 Å². The molecule has 0 spiro atoms. The van der Waals surface area contributed by atoms with Crippen LogP contribution in [0.4, 0.5) is 5.69 Å². The van der Waals surface area contributed by atoms with E-state index in [1.54, 1.807) is 36.4 Å². The normalized spacial score (nSPS) is 10.4. The molecule has 0 unspecified atom stereocenters. The van der Waals surface area contributed by atoms with Gasteiger partial charge in [-0.2, -0.15) is 0 Å². The average molecular weight is 364 g/mol. The average Bonchev–Trinajstić information content (AvgIpc) is 2.67. The Morgan fingerprint density at radius 1 is 0.963 bits per heavy atom. The summed E-state index contributed by atoms with van der Waals surface area (Å²) in [6, 6.07) is 13.0. The van der Waals surface area contributed by atoms with Gasteiger partial charge in [0, 0.05) is 17.1 Å². The van der Waals surface area contributed by atoms with Crippen LogP contribution in [0.5, 0.6) is 0 Å². The van der Waals surface area contributed by atoms with Gasteiger partial charge in [0.15, 0.2) is 0 Å². The van der Waals surface area contributed by atoms with Crippen molar-refractivity contribution in [3.8, 4) is 0 Å². The molecule has 136 valence electrons. The molecule has 2 aromatic carbocycles. The zero-order valence-electron chi connectivity index (χ0n) is 14.1. The summed E-state index contributed by atoms with van der Waals surface area (Å²) in [6.07, 6.45) is 1.31. The lowest BCUT2D eigenvalue weighted by Crippen LogP contribution is -2.35. The number of primary amides is 1. The van der Waals surface area contributed by atoms with Crippen LogP contribution in [0.25, 0.3) is 10.9 Å². The van der Waals surface area contributed by atoms with Crippen LogP contribution >= 0.6 is 0 Å². The van der Waals surface area contributed by atoms with Crippen molar-refractivity contribution in [3.63, 3.8) is 0 Å². The molecule has 0 atom stereocenters. The molecule has 0 bridgehead atoms. The first-order valence-corrected chi connectivity index (χ1v) is 8.04. The van der Waals surface area contributed by atoms with E-state index in [1.807, 2.05) is 0 Å². The number of benzene rings is 2. The molecule has 3 aromatic rings. The van der Waals surface area contributed by atoms with E-state index < -0.39 is 23.2 Å². The quantitative estimate of drug-likeness (QED) is 0.537. The van der Waals surface area contributed by atoms with Crippen LogP contribution in [0.2, 0.25) is 0 Å². The fraction of sp³-hybridized carbons (Fsp3) is 0.0526. The molecule has 0 aliphatic carbocycles. The van der Waals surface area contributed by atoms with Gasteiger partial charge in [-0.15, -0.1) is 0 Å². The highest BCUT2D eigenvalue weighted by molar-refractivity contribution is 6.05. The van der Waals surface area contributed by atoms with E-state index in [4.69, 9.17) is 5.73 Å². The monoisotopic (exact) mass is 364 g/mol. The van der Waals surface area contributed by atoms with Gasteiger partial charge in [-0.25, -0.2) is 0 Å². The van der Waals surface area contributed by atoms with Gasteiger partial charge in [0.1, 0.15) is 5.56 Å². The highest BCUT2D eigenvalue weighted by Crippen LogP contribution is 2.13. The maximum absolute atomic E-state index is 12.4. The zero-order chi connectivity index (χ0) is 19.4. The van der Waals surface area contributed by atoms with Crippen LogP contribution in [-0.4, -0.2) is 29.3 Å². The summed E-state index contributed by atoms with van der Waals surface area (Å²) in [5.74, 6) is -1.92. The molecule has 8 nitrogen and oxygen atoms in total. The summed E-state index contributed by atoms with van der Waals surface area (Å²) >= 11 is 0. The van der Waals surface area contributed by atoms with Gasteiger partial charge in [0.2, 0.25) is 11.3 Å². The number of rotatable bonds is 5. The minimum atomic E-state index is -0.683. The second kappa shape index (κ2) is 7.52. The highest BCUT2D eigenvalue weighted by atomic mass is 16.2. The Bertz CT molecular complexity index is 1100. The van der Waals surface area contributed by atoms with Gasteiger partial charge >= 0.3 is 0 Å². The zero-order valence-corrected chi connectivity index (χ0v) is 14.1. The number of nitrogens with two attached hydrogens (primary N) is 1. The molecular formula is C19H16N4O4. The van der Waals surface area contributed by atoms with Gasteiger partial charge < -0.3 is 21.4 Å². The van der Waals surface area contributed by atoms with Gasteiger partial charge in [0.25, 0.3) is 11.8 Å². The number of para-hydroxylation sites is 2. The second-order valence-electron chi connectivity index (χ2n) is 5.72. The fourth-order valence-electron chi connectivity index (χ4n) is 2.59. The van der Waals surface area contributed by atoms with E-state index >= 15 is 0 Å². The molecular weight excluding hydrogens is 348 g/mol. The molecule has 8 heteroatoms. The largest absolute Gasteiger partial charge is 0.366 e. The van der Waals surface area contributed by atoms with Crippen molar-refractivity contribution in [2.75, 3.05) is 11.9 Å². The SMILES string of the molecule is NC(=O)c1ccccc1NC(=O)CNC(=O)c1c[nH]c2ccccc2c1=O. The van der Waals surface area contributed by atoms with E-state index in [9.17, 15) is 19.2 Å². The summed E-state index contributed by atoms with van der Waals surface area (Å²) in [4.78, 5) is 50.9. The number of aromatic amines is 1. The molecule has 3 amide bonds. The van der Waals surface area contributed by atoms with Crippen LogP contribution in [0, 0.1) is 0 Å². The first-order chi connectivity index (χ1) is 13.0. The van der Waals surface area contributed by atoms with E-state index in [1.165, 1.54) is 18.3 Å². The van der Waals surface area contributed by atoms with Crippen LogP contribution in [0.3, 0.4) is 0 Å². The van der Waals surface area contributed by atoms with Crippen molar-refractivity contribution in [1.82, 2.24) is 10.3 Å². The third-order valence-electron chi connectivity index (χ3n) is 3.91.